The van der Waals surface area contributed by atoms with Crippen molar-refractivity contribution in [2.75, 3.05) is 18.9 Å². The van der Waals surface area contributed by atoms with Crippen molar-refractivity contribution in [3.8, 4) is 0 Å². The molecule has 14 heavy (non-hydrogen) atoms. The van der Waals surface area contributed by atoms with Gasteiger partial charge in [0.05, 0.1) is 12.4 Å². The van der Waals surface area contributed by atoms with E-state index in [9.17, 15) is 4.79 Å². The Morgan fingerprint density at radius 1 is 1.71 bits per heavy atom. The first kappa shape index (κ1) is 11.3. The summed E-state index contributed by atoms with van der Waals surface area (Å²) in [5.74, 6) is 0.230. The summed E-state index contributed by atoms with van der Waals surface area (Å²) < 4.78 is 4.79. The topological polar surface area (TPSA) is 38.7 Å². The fourth-order valence-electron chi connectivity index (χ4n) is 1.14. The second-order valence-electron chi connectivity index (χ2n) is 2.90. The highest BCUT2D eigenvalue weighted by atomic mass is 32.2. The molecule has 0 spiro atoms. The second-order valence-corrected chi connectivity index (χ2v) is 3.79. The lowest BCUT2D eigenvalue weighted by molar-refractivity contribution is -0.139. The van der Waals surface area contributed by atoms with Gasteiger partial charge in [-0.25, -0.2) is 0 Å². The van der Waals surface area contributed by atoms with E-state index in [4.69, 9.17) is 4.74 Å². The average Bonchev–Trinajstić information content (AvgIpc) is 2.65. The smallest absolute Gasteiger partial charge is 0.316 e. The van der Waals surface area contributed by atoms with Crippen LogP contribution in [0.5, 0.6) is 0 Å². The molecule has 0 N–H and O–H groups in total. The van der Waals surface area contributed by atoms with Gasteiger partial charge in [-0.15, -0.1) is 11.8 Å². The molecule has 78 valence electrons. The first-order chi connectivity index (χ1) is 6.83. The number of rotatable bonds is 5. The maximum Gasteiger partial charge on any atom is 0.316 e. The number of esters is 1. The van der Waals surface area contributed by atoms with Crippen molar-refractivity contribution in [1.82, 2.24) is 0 Å². The van der Waals surface area contributed by atoms with Gasteiger partial charge in [0.2, 0.25) is 0 Å². The van der Waals surface area contributed by atoms with Crippen LogP contribution in [-0.4, -0.2) is 30.6 Å². The van der Waals surface area contributed by atoms with E-state index in [2.05, 4.69) is 4.99 Å². The number of allylic oxidation sites excluding steroid dienone is 1. The fourth-order valence-corrected chi connectivity index (χ4v) is 1.71. The molecule has 0 aromatic rings. The number of nitrogens with zero attached hydrogens (tertiary/aromatic N) is 1. The second kappa shape index (κ2) is 6.65. The highest BCUT2D eigenvalue weighted by Crippen LogP contribution is 2.08. The van der Waals surface area contributed by atoms with E-state index in [0.717, 1.165) is 25.1 Å². The van der Waals surface area contributed by atoms with Gasteiger partial charge in [0.25, 0.3) is 0 Å². The lowest BCUT2D eigenvalue weighted by Gasteiger charge is -1.97. The molecule has 0 aromatic carbocycles. The number of carbonyl (C=O) groups is 1. The molecule has 0 bridgehead atoms. The van der Waals surface area contributed by atoms with Gasteiger partial charge in [-0.3, -0.25) is 9.79 Å². The summed E-state index contributed by atoms with van der Waals surface area (Å²) in [4.78, 5) is 15.2. The molecule has 0 aliphatic carbocycles. The van der Waals surface area contributed by atoms with Crippen LogP contribution in [0.15, 0.2) is 16.5 Å². The highest BCUT2D eigenvalue weighted by molar-refractivity contribution is 8.02. The van der Waals surface area contributed by atoms with Crippen LogP contribution in [-0.2, 0) is 9.53 Å². The van der Waals surface area contributed by atoms with Crippen LogP contribution in [0.2, 0.25) is 0 Å². The standard InChI is InChI=1S/C10H15NO2S/c1-2-13-10(12)8-14-7-5-9-4-3-6-11-9/h5,7H,2-4,6,8H2,1H3/b7-5+. The summed E-state index contributed by atoms with van der Waals surface area (Å²) >= 11 is 1.45. The van der Waals surface area contributed by atoms with Crippen molar-refractivity contribution < 1.29 is 9.53 Å². The highest BCUT2D eigenvalue weighted by Gasteiger charge is 2.02. The largest absolute Gasteiger partial charge is 0.465 e. The van der Waals surface area contributed by atoms with Crippen LogP contribution in [0.4, 0.5) is 0 Å². The number of carbonyl (C=O) groups excluding carboxylic acids is 1. The Labute approximate surface area is 88.6 Å². The van der Waals surface area contributed by atoms with Crippen LogP contribution in [0.25, 0.3) is 0 Å². The maximum atomic E-state index is 10.9. The third-order valence-corrected chi connectivity index (χ3v) is 2.50. The molecule has 1 aliphatic rings. The van der Waals surface area contributed by atoms with E-state index >= 15 is 0 Å². The zero-order chi connectivity index (χ0) is 10.2. The Morgan fingerprint density at radius 2 is 2.57 bits per heavy atom. The minimum absolute atomic E-state index is 0.157. The average molecular weight is 213 g/mol. The summed E-state index contributed by atoms with van der Waals surface area (Å²) in [5, 5.41) is 1.92. The maximum absolute atomic E-state index is 10.9. The number of hydrogen-bond acceptors (Lipinski definition) is 4. The van der Waals surface area contributed by atoms with Crippen LogP contribution in [0.1, 0.15) is 19.8 Å². The molecular formula is C10H15NO2S. The zero-order valence-electron chi connectivity index (χ0n) is 8.36. The van der Waals surface area contributed by atoms with E-state index in [0.29, 0.717) is 12.4 Å². The predicted octanol–water partition coefficient (Wildman–Crippen LogP) is 2.03. The molecule has 1 rings (SSSR count). The van der Waals surface area contributed by atoms with Gasteiger partial charge in [0, 0.05) is 12.3 Å². The monoisotopic (exact) mass is 213 g/mol. The predicted molar refractivity (Wildman–Crippen MR) is 59.8 cm³/mol. The van der Waals surface area contributed by atoms with Gasteiger partial charge in [-0.05, 0) is 31.2 Å². The van der Waals surface area contributed by atoms with E-state index in [1.165, 1.54) is 11.8 Å². The zero-order valence-corrected chi connectivity index (χ0v) is 9.18. The Hall–Kier alpha value is -0.770. The molecule has 0 aromatic heterocycles. The molecule has 4 heteroatoms. The molecule has 0 saturated carbocycles. The third kappa shape index (κ3) is 4.46. The van der Waals surface area contributed by atoms with Crippen molar-refractivity contribution in [3.05, 3.63) is 11.5 Å². The molecule has 0 amide bonds. The van der Waals surface area contributed by atoms with E-state index in [1.807, 2.05) is 18.4 Å². The molecule has 1 heterocycles. The van der Waals surface area contributed by atoms with Crippen LogP contribution in [0.3, 0.4) is 0 Å². The van der Waals surface area contributed by atoms with Gasteiger partial charge < -0.3 is 4.74 Å². The Bertz CT molecular complexity index is 249. The van der Waals surface area contributed by atoms with Crippen LogP contribution >= 0.6 is 11.8 Å². The van der Waals surface area contributed by atoms with Gasteiger partial charge in [-0.1, -0.05) is 0 Å². The van der Waals surface area contributed by atoms with Crippen molar-refractivity contribution in [3.63, 3.8) is 0 Å². The van der Waals surface area contributed by atoms with Gasteiger partial charge in [0.15, 0.2) is 0 Å². The van der Waals surface area contributed by atoms with Gasteiger partial charge in [-0.2, -0.15) is 0 Å². The van der Waals surface area contributed by atoms with Crippen LogP contribution < -0.4 is 0 Å². The molecule has 0 radical (unpaired) electrons. The number of aliphatic imine (C=N–C) groups is 1. The number of ether oxygens (including phenoxy) is 1. The van der Waals surface area contributed by atoms with E-state index in [1.54, 1.807) is 0 Å². The molecule has 0 atom stereocenters. The Balaban J connectivity index is 2.11. The first-order valence-electron chi connectivity index (χ1n) is 4.80. The molecule has 1 aliphatic heterocycles. The quantitative estimate of drug-likeness (QED) is 0.656. The Kier molecular flexibility index (Phi) is 5.37. The van der Waals surface area contributed by atoms with Crippen molar-refractivity contribution in [2.24, 2.45) is 4.99 Å². The van der Waals surface area contributed by atoms with Crippen LogP contribution in [0, 0.1) is 0 Å². The summed E-state index contributed by atoms with van der Waals surface area (Å²) in [6, 6.07) is 0. The van der Waals surface area contributed by atoms with E-state index < -0.39 is 0 Å². The fraction of sp³-hybridized carbons (Fsp3) is 0.600. The minimum Gasteiger partial charge on any atom is -0.465 e. The van der Waals surface area contributed by atoms with Gasteiger partial charge >= 0.3 is 5.97 Å². The lowest BCUT2D eigenvalue weighted by atomic mass is 10.2. The number of hydrogen-bond donors (Lipinski definition) is 0. The summed E-state index contributed by atoms with van der Waals surface area (Å²) in [6.07, 6.45) is 4.20. The van der Waals surface area contributed by atoms with E-state index in [-0.39, 0.29) is 5.97 Å². The molecule has 0 saturated heterocycles. The number of thioether (sulfide) groups is 1. The molecular weight excluding hydrogens is 198 g/mol. The summed E-state index contributed by atoms with van der Waals surface area (Å²) in [5.41, 5.74) is 1.14. The molecule has 0 fully saturated rings. The summed E-state index contributed by atoms with van der Waals surface area (Å²) in [7, 11) is 0. The normalized spacial score (nSPS) is 15.9. The third-order valence-electron chi connectivity index (χ3n) is 1.77. The minimum atomic E-state index is -0.157. The van der Waals surface area contributed by atoms with Crippen molar-refractivity contribution in [2.45, 2.75) is 19.8 Å². The first-order valence-corrected chi connectivity index (χ1v) is 5.85. The molecule has 3 nitrogen and oxygen atoms in total. The lowest BCUT2D eigenvalue weighted by Crippen LogP contribution is -2.05. The Morgan fingerprint density at radius 3 is 3.21 bits per heavy atom. The van der Waals surface area contributed by atoms with Crippen molar-refractivity contribution in [1.29, 1.82) is 0 Å². The summed E-state index contributed by atoms with van der Waals surface area (Å²) in [6.45, 7) is 3.21. The molecule has 0 unspecified atom stereocenters. The van der Waals surface area contributed by atoms with Crippen molar-refractivity contribution >= 4 is 23.4 Å². The SMILES string of the molecule is CCOC(=O)CS/C=C/C1=NCCC1. The van der Waals surface area contributed by atoms with Gasteiger partial charge in [0.1, 0.15) is 0 Å².